The fraction of sp³-hybridized carbons (Fsp3) is 1.00. The number of hydrogen-bond donors (Lipinski definition) is 0. The molecule has 0 aliphatic carbocycles. The van der Waals surface area contributed by atoms with Gasteiger partial charge in [-0.15, -0.1) is 0 Å². The zero-order chi connectivity index (χ0) is 11.8. The molecular formula is C12H26INO. The van der Waals surface area contributed by atoms with E-state index < -0.39 is 0 Å². The molecule has 1 unspecified atom stereocenters. The molecule has 0 aromatic heterocycles. The molecule has 0 rings (SSSR count). The van der Waals surface area contributed by atoms with Gasteiger partial charge in [-0.05, 0) is 31.7 Å². The normalized spacial score (nSPS) is 14.2. The fourth-order valence-electron chi connectivity index (χ4n) is 1.51. The van der Waals surface area contributed by atoms with Crippen LogP contribution in [0.3, 0.4) is 0 Å². The first-order valence-corrected chi connectivity index (χ1v) is 6.88. The smallest absolute Gasteiger partial charge is 0.0600 e. The number of rotatable bonds is 8. The largest absolute Gasteiger partial charge is 0.378 e. The van der Waals surface area contributed by atoms with Gasteiger partial charge in [-0.2, -0.15) is 0 Å². The van der Waals surface area contributed by atoms with Gasteiger partial charge in [-0.25, -0.2) is 0 Å². The lowest BCUT2D eigenvalue weighted by atomic mass is 9.97. The Morgan fingerprint density at radius 2 is 1.80 bits per heavy atom. The predicted octanol–water partition coefficient (Wildman–Crippen LogP) is 3.75. The second kappa shape index (κ2) is 8.76. The van der Waals surface area contributed by atoms with Crippen LogP contribution in [0.15, 0.2) is 0 Å². The Kier molecular flexibility index (Phi) is 9.14. The van der Waals surface area contributed by atoms with Crippen LogP contribution >= 0.6 is 22.9 Å². The first kappa shape index (κ1) is 15.7. The van der Waals surface area contributed by atoms with Crippen molar-refractivity contribution in [2.75, 3.05) is 20.2 Å². The van der Waals surface area contributed by atoms with E-state index in [2.05, 4.69) is 60.7 Å². The average molecular weight is 327 g/mol. The van der Waals surface area contributed by atoms with Gasteiger partial charge in [0.05, 0.1) is 6.10 Å². The second-order valence-corrected chi connectivity index (χ2v) is 6.61. The number of ether oxygens (including phenoxy) is 1. The Morgan fingerprint density at radius 3 is 2.20 bits per heavy atom. The molecule has 0 heterocycles. The van der Waals surface area contributed by atoms with Crippen molar-refractivity contribution in [1.82, 2.24) is 3.11 Å². The van der Waals surface area contributed by atoms with E-state index in [0.29, 0.717) is 12.0 Å². The van der Waals surface area contributed by atoms with Gasteiger partial charge in [0.1, 0.15) is 0 Å². The molecule has 0 bridgehead atoms. The van der Waals surface area contributed by atoms with Crippen molar-refractivity contribution in [1.29, 1.82) is 0 Å². The minimum absolute atomic E-state index is 0.435. The predicted molar refractivity (Wildman–Crippen MR) is 75.3 cm³/mol. The fourth-order valence-corrected chi connectivity index (χ4v) is 1.86. The van der Waals surface area contributed by atoms with Gasteiger partial charge in [-0.3, -0.25) is 3.11 Å². The Labute approximate surface area is 109 Å². The van der Waals surface area contributed by atoms with Crippen LogP contribution in [0.5, 0.6) is 0 Å². The van der Waals surface area contributed by atoms with Crippen LogP contribution in [0.4, 0.5) is 0 Å². The highest BCUT2D eigenvalue weighted by atomic mass is 127. The summed E-state index contributed by atoms with van der Waals surface area (Å²) < 4.78 is 8.11. The van der Waals surface area contributed by atoms with Crippen LogP contribution < -0.4 is 0 Å². The van der Waals surface area contributed by atoms with Crippen LogP contribution in [-0.2, 0) is 4.74 Å². The summed E-state index contributed by atoms with van der Waals surface area (Å²) in [7, 11) is 2.09. The van der Waals surface area contributed by atoms with E-state index in [0.717, 1.165) is 25.5 Å². The van der Waals surface area contributed by atoms with E-state index in [1.807, 2.05) is 0 Å². The minimum atomic E-state index is 0.435. The molecule has 0 aliphatic rings. The summed E-state index contributed by atoms with van der Waals surface area (Å²) >= 11 is 2.31. The van der Waals surface area contributed by atoms with Gasteiger partial charge in [0.2, 0.25) is 0 Å². The molecule has 0 saturated heterocycles. The standard InChI is InChI=1S/C12H26INO/c1-10(2)9-12(11(3)4)15-8-6-7-14(5)13/h10-12H,6-9H2,1-5H3. The summed E-state index contributed by atoms with van der Waals surface area (Å²) in [4.78, 5) is 0. The molecular weight excluding hydrogens is 301 g/mol. The van der Waals surface area contributed by atoms with Crippen LogP contribution in [-0.4, -0.2) is 29.4 Å². The number of nitrogens with zero attached hydrogens (tertiary/aromatic N) is 1. The SMILES string of the molecule is CC(C)CC(OCCCN(C)I)C(C)C. The highest BCUT2D eigenvalue weighted by Gasteiger charge is 2.15. The third-order valence-electron chi connectivity index (χ3n) is 2.39. The topological polar surface area (TPSA) is 12.5 Å². The maximum atomic E-state index is 5.93. The van der Waals surface area contributed by atoms with Gasteiger partial charge in [0.25, 0.3) is 0 Å². The Morgan fingerprint density at radius 1 is 1.20 bits per heavy atom. The van der Waals surface area contributed by atoms with Crippen molar-refractivity contribution >= 4 is 22.9 Å². The number of halogens is 1. The zero-order valence-corrected chi connectivity index (χ0v) is 13.0. The Balaban J connectivity index is 3.67. The van der Waals surface area contributed by atoms with E-state index in [-0.39, 0.29) is 0 Å². The molecule has 0 aliphatic heterocycles. The maximum absolute atomic E-state index is 5.93. The van der Waals surface area contributed by atoms with Crippen molar-refractivity contribution in [3.8, 4) is 0 Å². The van der Waals surface area contributed by atoms with E-state index in [1.165, 1.54) is 6.42 Å². The van der Waals surface area contributed by atoms with Crippen molar-refractivity contribution in [2.24, 2.45) is 11.8 Å². The van der Waals surface area contributed by atoms with E-state index in [4.69, 9.17) is 4.74 Å². The van der Waals surface area contributed by atoms with Gasteiger partial charge < -0.3 is 4.74 Å². The second-order valence-electron chi connectivity index (χ2n) is 4.96. The molecule has 2 nitrogen and oxygen atoms in total. The molecule has 15 heavy (non-hydrogen) atoms. The lowest BCUT2D eigenvalue weighted by molar-refractivity contribution is 0.00733. The highest BCUT2D eigenvalue weighted by Crippen LogP contribution is 2.16. The van der Waals surface area contributed by atoms with E-state index in [1.54, 1.807) is 0 Å². The monoisotopic (exact) mass is 327 g/mol. The molecule has 1 atom stereocenters. The Bertz CT molecular complexity index is 149. The molecule has 0 aromatic rings. The lowest BCUT2D eigenvalue weighted by Gasteiger charge is -2.23. The Hall–Kier alpha value is 0.650. The zero-order valence-electron chi connectivity index (χ0n) is 10.8. The molecule has 0 spiro atoms. The molecule has 3 heteroatoms. The van der Waals surface area contributed by atoms with Gasteiger partial charge in [0.15, 0.2) is 0 Å². The molecule has 0 N–H and O–H groups in total. The van der Waals surface area contributed by atoms with Crippen molar-refractivity contribution < 1.29 is 4.74 Å². The maximum Gasteiger partial charge on any atom is 0.0600 e. The van der Waals surface area contributed by atoms with Crippen molar-refractivity contribution in [2.45, 2.75) is 46.6 Å². The third kappa shape index (κ3) is 9.57. The molecule has 0 fully saturated rings. The summed E-state index contributed by atoms with van der Waals surface area (Å²) in [6.45, 7) is 11.0. The molecule has 0 amide bonds. The van der Waals surface area contributed by atoms with Crippen molar-refractivity contribution in [3.63, 3.8) is 0 Å². The van der Waals surface area contributed by atoms with E-state index >= 15 is 0 Å². The summed E-state index contributed by atoms with van der Waals surface area (Å²) in [6, 6.07) is 0. The van der Waals surface area contributed by atoms with Gasteiger partial charge >= 0.3 is 0 Å². The minimum Gasteiger partial charge on any atom is -0.378 e. The van der Waals surface area contributed by atoms with Gasteiger partial charge in [0, 0.05) is 36.0 Å². The lowest BCUT2D eigenvalue weighted by Crippen LogP contribution is -2.23. The van der Waals surface area contributed by atoms with Crippen LogP contribution in [0.2, 0.25) is 0 Å². The van der Waals surface area contributed by atoms with Crippen LogP contribution in [0.25, 0.3) is 0 Å². The number of hydrogen-bond acceptors (Lipinski definition) is 2. The third-order valence-corrected chi connectivity index (χ3v) is 2.87. The molecule has 0 saturated carbocycles. The first-order valence-electron chi connectivity index (χ1n) is 5.92. The molecule has 0 aromatic carbocycles. The van der Waals surface area contributed by atoms with E-state index in [9.17, 15) is 0 Å². The molecule has 92 valence electrons. The highest BCUT2D eigenvalue weighted by molar-refractivity contribution is 14.1. The van der Waals surface area contributed by atoms with Gasteiger partial charge in [-0.1, -0.05) is 27.7 Å². The van der Waals surface area contributed by atoms with Crippen LogP contribution in [0, 0.1) is 11.8 Å². The van der Waals surface area contributed by atoms with Crippen LogP contribution in [0.1, 0.15) is 40.5 Å². The summed E-state index contributed by atoms with van der Waals surface area (Å²) in [6.07, 6.45) is 2.74. The first-order chi connectivity index (χ1) is 6.93. The summed E-state index contributed by atoms with van der Waals surface area (Å²) in [5.41, 5.74) is 0. The quantitative estimate of drug-likeness (QED) is 0.382. The summed E-state index contributed by atoms with van der Waals surface area (Å²) in [5.74, 6) is 1.36. The molecule has 0 radical (unpaired) electrons. The van der Waals surface area contributed by atoms with Crippen molar-refractivity contribution in [3.05, 3.63) is 0 Å². The average Bonchev–Trinajstić information content (AvgIpc) is 2.08. The summed E-state index contributed by atoms with van der Waals surface area (Å²) in [5, 5.41) is 0.